The molecule has 0 saturated carbocycles. The summed E-state index contributed by atoms with van der Waals surface area (Å²) in [7, 11) is 0. The van der Waals surface area contributed by atoms with Crippen LogP contribution in [0.4, 0.5) is 0 Å². The zero-order valence-electron chi connectivity index (χ0n) is 24.1. The number of hydrogen-bond acceptors (Lipinski definition) is 5. The van der Waals surface area contributed by atoms with Gasteiger partial charge in [-0.3, -0.25) is 9.59 Å². The molecule has 41 heavy (non-hydrogen) atoms. The molecule has 7 heteroatoms. The normalized spacial score (nSPS) is 11.5. The topological polar surface area (TPSA) is 76.7 Å². The number of hydrogen-bond donors (Lipinski definition) is 3. The monoisotopic (exact) mass is 576 g/mol. The van der Waals surface area contributed by atoms with Gasteiger partial charge < -0.3 is 20.1 Å². The predicted molar refractivity (Wildman–Crippen MR) is 172 cm³/mol. The number of nitrogens with one attached hydrogen (secondary N) is 2. The Morgan fingerprint density at radius 2 is 1.17 bits per heavy atom. The minimum absolute atomic E-state index is 0.0518. The first-order valence-electron chi connectivity index (χ1n) is 15.1. The first kappa shape index (κ1) is 31.1. The molecule has 4 aromatic rings. The SMILES string of the molecule is O=C(CCCCCCCS)NCCOCCOCCNC(=O)CCCc1ccc2ccc3cccc4ccc1c2c34. The van der Waals surface area contributed by atoms with Crippen LogP contribution in [0.15, 0.2) is 54.6 Å². The van der Waals surface area contributed by atoms with Gasteiger partial charge in [0.05, 0.1) is 26.4 Å². The summed E-state index contributed by atoms with van der Waals surface area (Å²) >= 11 is 4.21. The molecule has 6 nitrogen and oxygen atoms in total. The highest BCUT2D eigenvalue weighted by Crippen LogP contribution is 2.36. The van der Waals surface area contributed by atoms with Crippen molar-refractivity contribution in [1.82, 2.24) is 10.6 Å². The van der Waals surface area contributed by atoms with E-state index in [0.29, 0.717) is 52.4 Å². The van der Waals surface area contributed by atoms with E-state index in [0.717, 1.165) is 37.9 Å². The Balaban J connectivity index is 1.02. The maximum absolute atomic E-state index is 12.3. The number of amides is 2. The lowest BCUT2D eigenvalue weighted by molar-refractivity contribution is -0.122. The fourth-order valence-corrected chi connectivity index (χ4v) is 5.63. The second kappa shape index (κ2) is 17.2. The van der Waals surface area contributed by atoms with Crippen LogP contribution in [0.25, 0.3) is 32.3 Å². The molecule has 0 bridgehead atoms. The molecule has 0 aliphatic carbocycles. The molecule has 0 spiro atoms. The van der Waals surface area contributed by atoms with Crippen LogP contribution in [0.2, 0.25) is 0 Å². The largest absolute Gasteiger partial charge is 0.377 e. The average molecular weight is 577 g/mol. The second-order valence-corrected chi connectivity index (χ2v) is 11.0. The van der Waals surface area contributed by atoms with E-state index in [1.165, 1.54) is 50.7 Å². The van der Waals surface area contributed by atoms with Gasteiger partial charge in [-0.1, -0.05) is 73.9 Å². The number of rotatable bonds is 20. The molecule has 0 aliphatic heterocycles. The van der Waals surface area contributed by atoms with Crippen molar-refractivity contribution in [3.05, 3.63) is 60.2 Å². The quantitative estimate of drug-likeness (QED) is 0.0643. The average Bonchev–Trinajstić information content (AvgIpc) is 2.99. The third-order valence-electron chi connectivity index (χ3n) is 7.54. The lowest BCUT2D eigenvalue weighted by Crippen LogP contribution is -2.28. The van der Waals surface area contributed by atoms with Crippen molar-refractivity contribution in [2.75, 3.05) is 45.3 Å². The van der Waals surface area contributed by atoms with Crippen molar-refractivity contribution in [1.29, 1.82) is 0 Å². The number of thiol groups is 1. The number of unbranched alkanes of at least 4 members (excludes halogenated alkanes) is 4. The van der Waals surface area contributed by atoms with Gasteiger partial charge in [0, 0.05) is 25.9 Å². The molecule has 220 valence electrons. The molecular formula is C34H44N2O4S. The second-order valence-electron chi connectivity index (χ2n) is 10.6. The Kier molecular flexibility index (Phi) is 13.0. The van der Waals surface area contributed by atoms with Gasteiger partial charge in [0.1, 0.15) is 0 Å². The Labute approximate surface area is 249 Å². The standard InChI is InChI=1S/C34H44N2O4S/c37-31(11-4-2-1-3-5-25-41)35-19-21-39-23-24-40-22-20-36-32(38)12-7-8-26-13-14-29-16-15-27-9-6-10-28-17-18-30(26)34(29)33(27)28/h6,9-10,13-18,41H,1-5,7-8,11-12,19-25H2,(H,35,37)(H,36,38). The molecule has 0 saturated heterocycles. The number of carbonyl (C=O) groups is 2. The summed E-state index contributed by atoms with van der Waals surface area (Å²) in [4.78, 5) is 24.1. The van der Waals surface area contributed by atoms with E-state index >= 15 is 0 Å². The van der Waals surface area contributed by atoms with Crippen LogP contribution in [0.1, 0.15) is 56.9 Å². The Morgan fingerprint density at radius 3 is 1.85 bits per heavy atom. The summed E-state index contributed by atoms with van der Waals surface area (Å²) in [5.41, 5.74) is 1.29. The third kappa shape index (κ3) is 9.59. The summed E-state index contributed by atoms with van der Waals surface area (Å²) in [6.45, 7) is 2.86. The van der Waals surface area contributed by atoms with Crippen molar-refractivity contribution in [3.8, 4) is 0 Å². The molecule has 2 N–H and O–H groups in total. The molecule has 4 rings (SSSR count). The smallest absolute Gasteiger partial charge is 0.220 e. The number of ether oxygens (including phenoxy) is 2. The lowest BCUT2D eigenvalue weighted by atomic mass is 9.90. The van der Waals surface area contributed by atoms with Crippen LogP contribution >= 0.6 is 12.6 Å². The van der Waals surface area contributed by atoms with Crippen LogP contribution < -0.4 is 10.6 Å². The summed E-state index contributed by atoms with van der Waals surface area (Å²) in [5, 5.41) is 13.6. The van der Waals surface area contributed by atoms with E-state index in [2.05, 4.69) is 77.9 Å². The fourth-order valence-electron chi connectivity index (χ4n) is 5.40. The van der Waals surface area contributed by atoms with Crippen LogP contribution in [0, 0.1) is 0 Å². The van der Waals surface area contributed by atoms with Crippen molar-refractivity contribution in [2.24, 2.45) is 0 Å². The molecule has 0 atom stereocenters. The van der Waals surface area contributed by atoms with E-state index in [1.54, 1.807) is 0 Å². The van der Waals surface area contributed by atoms with Gasteiger partial charge >= 0.3 is 0 Å². The molecule has 0 unspecified atom stereocenters. The van der Waals surface area contributed by atoms with Crippen molar-refractivity contribution < 1.29 is 19.1 Å². The molecule has 0 heterocycles. The Bertz CT molecular complexity index is 1360. The van der Waals surface area contributed by atoms with Gasteiger partial charge in [-0.05, 0) is 69.3 Å². The molecule has 4 aromatic carbocycles. The highest BCUT2D eigenvalue weighted by atomic mass is 32.1. The zero-order valence-corrected chi connectivity index (χ0v) is 25.0. The van der Waals surface area contributed by atoms with E-state index < -0.39 is 0 Å². The molecule has 2 amide bonds. The van der Waals surface area contributed by atoms with Crippen molar-refractivity contribution in [2.45, 2.75) is 57.8 Å². The van der Waals surface area contributed by atoms with Crippen LogP contribution in [-0.2, 0) is 25.5 Å². The van der Waals surface area contributed by atoms with Gasteiger partial charge in [0.15, 0.2) is 0 Å². The number of benzene rings is 4. The van der Waals surface area contributed by atoms with E-state index in [-0.39, 0.29) is 11.8 Å². The predicted octanol–water partition coefficient (Wildman–Crippen LogP) is 6.44. The van der Waals surface area contributed by atoms with Gasteiger partial charge in [-0.15, -0.1) is 0 Å². The summed E-state index contributed by atoms with van der Waals surface area (Å²) in [5.74, 6) is 1.08. The number of aryl methyl sites for hydroxylation is 1. The van der Waals surface area contributed by atoms with Crippen LogP contribution in [0.3, 0.4) is 0 Å². The first-order valence-corrected chi connectivity index (χ1v) is 15.8. The summed E-state index contributed by atoms with van der Waals surface area (Å²) in [6.07, 6.45) is 8.28. The maximum atomic E-state index is 12.3. The van der Waals surface area contributed by atoms with Crippen LogP contribution in [0.5, 0.6) is 0 Å². The van der Waals surface area contributed by atoms with Gasteiger partial charge in [0.25, 0.3) is 0 Å². The van der Waals surface area contributed by atoms with Gasteiger partial charge in [-0.2, -0.15) is 12.6 Å². The Morgan fingerprint density at radius 1 is 0.610 bits per heavy atom. The summed E-state index contributed by atoms with van der Waals surface area (Å²) in [6, 6.07) is 19.7. The third-order valence-corrected chi connectivity index (χ3v) is 7.86. The van der Waals surface area contributed by atoms with Gasteiger partial charge in [0.2, 0.25) is 11.8 Å². The minimum Gasteiger partial charge on any atom is -0.377 e. The van der Waals surface area contributed by atoms with Gasteiger partial charge in [-0.25, -0.2) is 0 Å². The molecule has 0 aliphatic rings. The minimum atomic E-state index is 0.0518. The Hall–Kier alpha value is -2.87. The maximum Gasteiger partial charge on any atom is 0.220 e. The van der Waals surface area contributed by atoms with Crippen molar-refractivity contribution >= 4 is 56.8 Å². The summed E-state index contributed by atoms with van der Waals surface area (Å²) < 4.78 is 11.1. The highest BCUT2D eigenvalue weighted by Gasteiger charge is 2.11. The zero-order chi connectivity index (χ0) is 28.7. The van der Waals surface area contributed by atoms with Crippen LogP contribution in [-0.4, -0.2) is 57.1 Å². The fraction of sp³-hybridized carbons (Fsp3) is 0.471. The van der Waals surface area contributed by atoms with E-state index in [4.69, 9.17) is 9.47 Å². The molecular weight excluding hydrogens is 532 g/mol. The van der Waals surface area contributed by atoms with E-state index in [9.17, 15) is 9.59 Å². The number of carbonyl (C=O) groups excluding carboxylic acids is 2. The molecule has 0 radical (unpaired) electrons. The lowest BCUT2D eigenvalue weighted by Gasteiger charge is -2.14. The van der Waals surface area contributed by atoms with Crippen molar-refractivity contribution in [3.63, 3.8) is 0 Å². The first-order chi connectivity index (χ1) is 20.2. The highest BCUT2D eigenvalue weighted by molar-refractivity contribution is 7.80. The molecule has 0 fully saturated rings. The molecule has 0 aromatic heterocycles. The van der Waals surface area contributed by atoms with E-state index in [1.807, 2.05) is 0 Å².